The number of halogens is 2. The van der Waals surface area contributed by atoms with Crippen LogP contribution in [0.3, 0.4) is 0 Å². The fraction of sp³-hybridized carbons (Fsp3) is 0.333. The molecule has 1 saturated carbocycles. The molecule has 1 fully saturated rings. The summed E-state index contributed by atoms with van der Waals surface area (Å²) in [6.45, 7) is 2.37. The van der Waals surface area contributed by atoms with E-state index in [1.807, 2.05) is 37.3 Å². The fourth-order valence-corrected chi connectivity index (χ4v) is 3.31. The Morgan fingerprint density at radius 2 is 1.82 bits per heavy atom. The number of carbonyl (C=O) groups excluding carboxylic acids is 2. The second-order valence-electron chi connectivity index (χ2n) is 6.99. The van der Waals surface area contributed by atoms with Crippen LogP contribution in [-0.4, -0.2) is 18.5 Å². The lowest BCUT2D eigenvalue weighted by molar-refractivity contribution is -0.117. The van der Waals surface area contributed by atoms with Gasteiger partial charge >= 0.3 is 6.03 Å². The van der Waals surface area contributed by atoms with Gasteiger partial charge in [0.25, 0.3) is 0 Å². The second-order valence-corrected chi connectivity index (χ2v) is 7.84. The first-order chi connectivity index (χ1) is 13.4. The lowest BCUT2D eigenvalue weighted by Crippen LogP contribution is -2.38. The van der Waals surface area contributed by atoms with Crippen molar-refractivity contribution in [3.63, 3.8) is 0 Å². The summed E-state index contributed by atoms with van der Waals surface area (Å²) in [6.07, 6.45) is 2.57. The molecule has 3 amide bonds. The highest BCUT2D eigenvalue weighted by Gasteiger charge is 2.29. The van der Waals surface area contributed by atoms with E-state index in [4.69, 9.17) is 23.2 Å². The molecule has 0 saturated heterocycles. The Morgan fingerprint density at radius 1 is 1.11 bits per heavy atom. The molecule has 0 heterocycles. The zero-order chi connectivity index (χ0) is 20.1. The third-order valence-electron chi connectivity index (χ3n) is 4.67. The first-order valence-corrected chi connectivity index (χ1v) is 10.1. The first-order valence-electron chi connectivity index (χ1n) is 9.31. The minimum Gasteiger partial charge on any atom is -0.338 e. The van der Waals surface area contributed by atoms with E-state index in [0.717, 1.165) is 29.7 Å². The number of rotatable bonds is 7. The highest BCUT2D eigenvalue weighted by atomic mass is 35.5. The third kappa shape index (κ3) is 5.88. The van der Waals surface area contributed by atoms with Crippen LogP contribution in [0.2, 0.25) is 10.0 Å². The predicted molar refractivity (Wildman–Crippen MR) is 113 cm³/mol. The van der Waals surface area contributed by atoms with E-state index in [-0.39, 0.29) is 23.9 Å². The molecule has 2 aromatic rings. The van der Waals surface area contributed by atoms with E-state index < -0.39 is 0 Å². The normalized spacial score (nSPS) is 14.2. The second kappa shape index (κ2) is 9.30. The number of anilines is 1. The Morgan fingerprint density at radius 3 is 2.46 bits per heavy atom. The Hall–Kier alpha value is -2.24. The third-order valence-corrected chi connectivity index (χ3v) is 5.26. The molecule has 0 aromatic heterocycles. The lowest BCUT2D eigenvalue weighted by Gasteiger charge is -2.16. The predicted octanol–water partition coefficient (Wildman–Crippen LogP) is 4.94. The topological polar surface area (TPSA) is 70.2 Å². The van der Waals surface area contributed by atoms with Crippen molar-refractivity contribution in [3.05, 3.63) is 63.6 Å². The molecular formula is C21H23Cl2N3O2. The number of carbonyl (C=O) groups is 2. The van der Waals surface area contributed by atoms with Gasteiger partial charge in [-0.25, -0.2) is 4.79 Å². The van der Waals surface area contributed by atoms with E-state index in [2.05, 4.69) is 16.0 Å². The summed E-state index contributed by atoms with van der Waals surface area (Å²) in [5, 5.41) is 9.82. The number of amides is 3. The minimum atomic E-state index is -0.247. The Labute approximate surface area is 174 Å². The molecule has 3 rings (SSSR count). The van der Waals surface area contributed by atoms with Gasteiger partial charge in [-0.15, -0.1) is 0 Å². The molecular weight excluding hydrogens is 397 g/mol. The van der Waals surface area contributed by atoms with Gasteiger partial charge in [0.15, 0.2) is 0 Å². The summed E-state index contributed by atoms with van der Waals surface area (Å²) in [5.74, 6) is 0.255. The van der Waals surface area contributed by atoms with Crippen LogP contribution in [0.1, 0.15) is 36.9 Å². The van der Waals surface area contributed by atoms with Crippen LogP contribution in [0.5, 0.6) is 0 Å². The molecule has 2 aromatic carbocycles. The Balaban J connectivity index is 1.43. The van der Waals surface area contributed by atoms with E-state index in [0.29, 0.717) is 23.0 Å². The zero-order valence-corrected chi connectivity index (χ0v) is 17.1. The van der Waals surface area contributed by atoms with E-state index in [9.17, 15) is 9.59 Å². The Bertz CT molecular complexity index is 851. The maximum absolute atomic E-state index is 12.1. The van der Waals surface area contributed by atoms with E-state index >= 15 is 0 Å². The summed E-state index contributed by atoms with van der Waals surface area (Å²) in [5.41, 5.74) is 2.67. The summed E-state index contributed by atoms with van der Waals surface area (Å²) < 4.78 is 0. The molecule has 148 valence electrons. The molecule has 28 heavy (non-hydrogen) atoms. The van der Waals surface area contributed by atoms with Crippen LogP contribution in [-0.2, 0) is 11.2 Å². The van der Waals surface area contributed by atoms with Crippen LogP contribution in [0.15, 0.2) is 42.5 Å². The average molecular weight is 420 g/mol. The molecule has 1 atom stereocenters. The molecule has 0 radical (unpaired) electrons. The number of benzene rings is 2. The first kappa shape index (κ1) is 20.5. The number of hydrogen-bond acceptors (Lipinski definition) is 2. The monoisotopic (exact) mass is 419 g/mol. The van der Waals surface area contributed by atoms with E-state index in [1.54, 1.807) is 12.1 Å². The lowest BCUT2D eigenvalue weighted by atomic mass is 10.1. The summed E-state index contributed by atoms with van der Waals surface area (Å²) >= 11 is 12.0. The van der Waals surface area contributed by atoms with Crippen molar-refractivity contribution >= 4 is 40.8 Å². The standard InChI is InChI=1S/C21H23Cl2N3O2/c1-13(14-5-8-18(9-6-14)26-20(27)16-2-3-16)25-21(28)24-11-10-15-4-7-17(22)12-19(15)23/h4-9,12-13,16H,2-3,10-11H2,1H3,(H,26,27)(H2,24,25,28). The van der Waals surface area contributed by atoms with Gasteiger partial charge in [0.2, 0.25) is 5.91 Å². The summed E-state index contributed by atoms with van der Waals surface area (Å²) in [4.78, 5) is 23.9. The molecule has 5 nitrogen and oxygen atoms in total. The highest BCUT2D eigenvalue weighted by molar-refractivity contribution is 6.35. The molecule has 0 aliphatic heterocycles. The molecule has 1 aliphatic rings. The van der Waals surface area contributed by atoms with Crippen molar-refractivity contribution in [2.75, 3.05) is 11.9 Å². The SMILES string of the molecule is CC(NC(=O)NCCc1ccc(Cl)cc1Cl)c1ccc(NC(=O)C2CC2)cc1. The minimum absolute atomic E-state index is 0.0825. The smallest absolute Gasteiger partial charge is 0.315 e. The summed E-state index contributed by atoms with van der Waals surface area (Å²) in [6, 6.07) is 12.4. The van der Waals surface area contributed by atoms with Gasteiger partial charge in [0, 0.05) is 28.2 Å². The molecule has 0 bridgehead atoms. The van der Waals surface area contributed by atoms with E-state index in [1.165, 1.54) is 0 Å². The number of urea groups is 1. The number of hydrogen-bond donors (Lipinski definition) is 3. The molecule has 0 spiro atoms. The van der Waals surface area contributed by atoms with Crippen LogP contribution < -0.4 is 16.0 Å². The quantitative estimate of drug-likeness (QED) is 0.594. The Kier molecular flexibility index (Phi) is 6.81. The van der Waals surface area contributed by atoms with Gasteiger partial charge in [-0.2, -0.15) is 0 Å². The van der Waals surface area contributed by atoms with Gasteiger partial charge in [-0.1, -0.05) is 41.4 Å². The maximum atomic E-state index is 12.1. The van der Waals surface area contributed by atoms with Crippen LogP contribution in [0, 0.1) is 5.92 Å². The number of nitrogens with one attached hydrogen (secondary N) is 3. The molecule has 3 N–H and O–H groups in total. The van der Waals surface area contributed by atoms with Gasteiger partial charge < -0.3 is 16.0 Å². The van der Waals surface area contributed by atoms with Gasteiger partial charge in [0.05, 0.1) is 6.04 Å². The van der Waals surface area contributed by atoms with Gasteiger partial charge in [0.1, 0.15) is 0 Å². The van der Waals surface area contributed by atoms with Crippen LogP contribution in [0.25, 0.3) is 0 Å². The zero-order valence-electron chi connectivity index (χ0n) is 15.6. The summed E-state index contributed by atoms with van der Waals surface area (Å²) in [7, 11) is 0. The van der Waals surface area contributed by atoms with Crippen LogP contribution in [0.4, 0.5) is 10.5 Å². The van der Waals surface area contributed by atoms with Crippen molar-refractivity contribution in [2.24, 2.45) is 5.92 Å². The molecule has 1 unspecified atom stereocenters. The van der Waals surface area contributed by atoms with Crippen molar-refractivity contribution in [1.82, 2.24) is 10.6 Å². The molecule has 7 heteroatoms. The fourth-order valence-electron chi connectivity index (χ4n) is 2.81. The van der Waals surface area contributed by atoms with Gasteiger partial charge in [-0.3, -0.25) is 4.79 Å². The molecule has 1 aliphatic carbocycles. The van der Waals surface area contributed by atoms with Gasteiger partial charge in [-0.05, 0) is 61.6 Å². The van der Waals surface area contributed by atoms with Crippen molar-refractivity contribution < 1.29 is 9.59 Å². The highest BCUT2D eigenvalue weighted by Crippen LogP contribution is 2.30. The maximum Gasteiger partial charge on any atom is 0.315 e. The van der Waals surface area contributed by atoms with Crippen molar-refractivity contribution in [1.29, 1.82) is 0 Å². The average Bonchev–Trinajstić information content (AvgIpc) is 3.49. The largest absolute Gasteiger partial charge is 0.338 e. The van der Waals surface area contributed by atoms with Crippen molar-refractivity contribution in [3.8, 4) is 0 Å². The van der Waals surface area contributed by atoms with Crippen LogP contribution >= 0.6 is 23.2 Å². The van der Waals surface area contributed by atoms with Crippen molar-refractivity contribution in [2.45, 2.75) is 32.2 Å².